The highest BCUT2D eigenvalue weighted by Crippen LogP contribution is 2.13. The van der Waals surface area contributed by atoms with Crippen LogP contribution in [-0.2, 0) is 4.79 Å². The highest BCUT2D eigenvalue weighted by atomic mass is 19.4. The van der Waals surface area contributed by atoms with Gasteiger partial charge >= 0.3 is 12.1 Å². The average Bonchev–Trinajstić information content (AvgIpc) is 1.55. The first kappa shape index (κ1) is 13.8. The van der Waals surface area contributed by atoms with Gasteiger partial charge in [-0.1, -0.05) is 0 Å². The van der Waals surface area contributed by atoms with Gasteiger partial charge in [0.25, 0.3) is 0 Å². The predicted molar refractivity (Wildman–Crippen MR) is 35.7 cm³/mol. The molecule has 0 unspecified atom stereocenters. The Morgan fingerprint density at radius 1 is 1.17 bits per heavy atom. The Hall–Kier alpha value is -0.780. The van der Waals surface area contributed by atoms with Gasteiger partial charge in [-0.2, -0.15) is 13.2 Å². The molecule has 0 aliphatic rings. The van der Waals surface area contributed by atoms with Crippen molar-refractivity contribution in [2.24, 2.45) is 0 Å². The van der Waals surface area contributed by atoms with Crippen LogP contribution in [0.1, 0.15) is 20.8 Å². The summed E-state index contributed by atoms with van der Waals surface area (Å²) in [6.07, 6.45) is -5.08. The Labute approximate surface area is 67.8 Å². The van der Waals surface area contributed by atoms with Crippen LogP contribution in [0.4, 0.5) is 13.2 Å². The van der Waals surface area contributed by atoms with Crippen LogP contribution in [0.25, 0.3) is 0 Å². The first-order valence-corrected chi connectivity index (χ1v) is 2.97. The Morgan fingerprint density at radius 3 is 1.25 bits per heavy atom. The molecule has 0 radical (unpaired) electrons. The first-order chi connectivity index (χ1) is 4.94. The molecule has 0 saturated heterocycles. The molecule has 0 bridgehead atoms. The molecule has 2 N–H and O–H groups in total. The summed E-state index contributed by atoms with van der Waals surface area (Å²) in [5.41, 5.74) is -0.500. The minimum atomic E-state index is -5.08. The standard InChI is InChI=1S/C4H10O.C2HF3O2/c1-4(2,3)5;3-2(4,5)1(6)7/h5H,1-3H3;(H,6,7). The molecule has 0 amide bonds. The van der Waals surface area contributed by atoms with Gasteiger partial charge in [-0.3, -0.25) is 0 Å². The van der Waals surface area contributed by atoms with E-state index in [1.54, 1.807) is 20.8 Å². The Balaban J connectivity index is 0. The van der Waals surface area contributed by atoms with Crippen LogP contribution in [0.5, 0.6) is 0 Å². The molecule has 3 nitrogen and oxygen atoms in total. The molecule has 0 saturated carbocycles. The Bertz CT molecular complexity index is 139. The molecule has 0 atom stereocenters. The molecule has 0 aromatic rings. The molecule has 0 aliphatic carbocycles. The van der Waals surface area contributed by atoms with Crippen LogP contribution in [0.15, 0.2) is 0 Å². The number of aliphatic carboxylic acids is 1. The van der Waals surface area contributed by atoms with Crippen molar-refractivity contribution in [1.29, 1.82) is 0 Å². The number of halogens is 3. The average molecular weight is 188 g/mol. The summed E-state index contributed by atoms with van der Waals surface area (Å²) in [6, 6.07) is 0. The molecule has 0 spiro atoms. The van der Waals surface area contributed by atoms with Crippen molar-refractivity contribution in [2.45, 2.75) is 32.5 Å². The highest BCUT2D eigenvalue weighted by molar-refractivity contribution is 5.73. The van der Waals surface area contributed by atoms with Gasteiger partial charge in [0.15, 0.2) is 0 Å². The van der Waals surface area contributed by atoms with Crippen LogP contribution in [0.2, 0.25) is 0 Å². The quantitative estimate of drug-likeness (QED) is 0.604. The van der Waals surface area contributed by atoms with E-state index in [1.165, 1.54) is 0 Å². The van der Waals surface area contributed by atoms with E-state index < -0.39 is 17.7 Å². The second-order valence-electron chi connectivity index (χ2n) is 2.97. The minimum Gasteiger partial charge on any atom is -0.475 e. The Morgan fingerprint density at radius 2 is 1.25 bits per heavy atom. The normalized spacial score (nSPS) is 11.6. The SMILES string of the molecule is CC(C)(C)O.O=C(O)C(F)(F)F. The first-order valence-electron chi connectivity index (χ1n) is 2.97. The molecule has 0 aliphatic heterocycles. The number of hydrogen-bond donors (Lipinski definition) is 2. The van der Waals surface area contributed by atoms with Crippen molar-refractivity contribution in [2.75, 3.05) is 0 Å². The van der Waals surface area contributed by atoms with Crippen LogP contribution in [0.3, 0.4) is 0 Å². The molecule has 0 heterocycles. The van der Waals surface area contributed by atoms with Gasteiger partial charge < -0.3 is 10.2 Å². The largest absolute Gasteiger partial charge is 0.490 e. The fraction of sp³-hybridized carbons (Fsp3) is 0.833. The smallest absolute Gasteiger partial charge is 0.475 e. The maximum atomic E-state index is 10.6. The third-order valence-electron chi connectivity index (χ3n) is 0.243. The molecule has 12 heavy (non-hydrogen) atoms. The van der Waals surface area contributed by atoms with E-state index in [0.717, 1.165) is 0 Å². The number of carbonyl (C=O) groups is 1. The number of aliphatic hydroxyl groups is 1. The van der Waals surface area contributed by atoms with Crippen LogP contribution in [0, 0.1) is 0 Å². The van der Waals surface area contributed by atoms with Gasteiger partial charge in [-0.05, 0) is 20.8 Å². The molecular formula is C6H11F3O3. The minimum absolute atomic E-state index is 0.500. The maximum Gasteiger partial charge on any atom is 0.490 e. The summed E-state index contributed by atoms with van der Waals surface area (Å²) in [6.45, 7) is 5.23. The van der Waals surface area contributed by atoms with E-state index in [0.29, 0.717) is 0 Å². The number of rotatable bonds is 0. The fourth-order valence-electron chi connectivity index (χ4n) is 0. The van der Waals surface area contributed by atoms with Crippen LogP contribution in [-0.4, -0.2) is 28.0 Å². The monoisotopic (exact) mass is 188 g/mol. The van der Waals surface area contributed by atoms with Gasteiger partial charge in [0.1, 0.15) is 0 Å². The lowest BCUT2D eigenvalue weighted by atomic mass is 10.2. The molecule has 0 aromatic carbocycles. The lowest BCUT2D eigenvalue weighted by Crippen LogP contribution is -2.21. The van der Waals surface area contributed by atoms with Crippen molar-refractivity contribution in [3.8, 4) is 0 Å². The number of carboxylic acids is 1. The van der Waals surface area contributed by atoms with Crippen LogP contribution < -0.4 is 0 Å². The van der Waals surface area contributed by atoms with E-state index >= 15 is 0 Å². The van der Waals surface area contributed by atoms with Crippen molar-refractivity contribution < 1.29 is 28.2 Å². The van der Waals surface area contributed by atoms with Gasteiger partial charge in [-0.25, -0.2) is 4.79 Å². The van der Waals surface area contributed by atoms with E-state index in [-0.39, 0.29) is 0 Å². The van der Waals surface area contributed by atoms with Crippen molar-refractivity contribution >= 4 is 5.97 Å². The summed E-state index contributed by atoms with van der Waals surface area (Å²) in [7, 11) is 0. The molecule has 74 valence electrons. The number of carboxylic acid groups (broad SMARTS) is 1. The van der Waals surface area contributed by atoms with E-state index in [2.05, 4.69) is 0 Å². The summed E-state index contributed by atoms with van der Waals surface area (Å²) in [5.74, 6) is -2.76. The van der Waals surface area contributed by atoms with Crippen molar-refractivity contribution in [1.82, 2.24) is 0 Å². The number of alkyl halides is 3. The van der Waals surface area contributed by atoms with Gasteiger partial charge in [0.2, 0.25) is 0 Å². The van der Waals surface area contributed by atoms with E-state index in [4.69, 9.17) is 15.0 Å². The zero-order valence-electron chi connectivity index (χ0n) is 6.94. The van der Waals surface area contributed by atoms with Crippen molar-refractivity contribution in [3.05, 3.63) is 0 Å². The predicted octanol–water partition coefficient (Wildman–Crippen LogP) is 1.41. The Kier molecular flexibility index (Phi) is 4.94. The summed E-state index contributed by atoms with van der Waals surface area (Å²) in [5, 5.41) is 15.6. The third kappa shape index (κ3) is 22.9. The fourth-order valence-corrected chi connectivity index (χ4v) is 0. The topological polar surface area (TPSA) is 57.5 Å². The van der Waals surface area contributed by atoms with Gasteiger partial charge in [-0.15, -0.1) is 0 Å². The molecule has 6 heteroatoms. The lowest BCUT2D eigenvalue weighted by molar-refractivity contribution is -0.192. The zero-order valence-corrected chi connectivity index (χ0v) is 6.94. The molecule has 0 rings (SSSR count). The zero-order chi connectivity index (χ0) is 10.6. The molecular weight excluding hydrogens is 177 g/mol. The molecule has 0 fully saturated rings. The third-order valence-corrected chi connectivity index (χ3v) is 0.243. The van der Waals surface area contributed by atoms with E-state index in [9.17, 15) is 13.2 Å². The van der Waals surface area contributed by atoms with Crippen molar-refractivity contribution in [3.63, 3.8) is 0 Å². The lowest BCUT2D eigenvalue weighted by Gasteiger charge is -2.04. The highest BCUT2D eigenvalue weighted by Gasteiger charge is 2.38. The van der Waals surface area contributed by atoms with Gasteiger partial charge in [0, 0.05) is 0 Å². The van der Waals surface area contributed by atoms with Gasteiger partial charge in [0.05, 0.1) is 5.60 Å². The summed E-state index contributed by atoms with van der Waals surface area (Å²) in [4.78, 5) is 8.90. The van der Waals surface area contributed by atoms with Crippen LogP contribution >= 0.6 is 0 Å². The summed E-state index contributed by atoms with van der Waals surface area (Å²) >= 11 is 0. The second kappa shape index (κ2) is 4.30. The second-order valence-corrected chi connectivity index (χ2v) is 2.97. The molecule has 0 aromatic heterocycles. The van der Waals surface area contributed by atoms with E-state index in [1.807, 2.05) is 0 Å². The summed E-state index contributed by atoms with van der Waals surface area (Å²) < 4.78 is 31.7. The number of hydrogen-bond acceptors (Lipinski definition) is 2. The maximum absolute atomic E-state index is 10.6.